The molecule has 0 heterocycles. The van der Waals surface area contributed by atoms with Gasteiger partial charge in [0.2, 0.25) is 0 Å². The van der Waals surface area contributed by atoms with E-state index in [-0.39, 0.29) is 6.42 Å². The van der Waals surface area contributed by atoms with E-state index in [1.165, 1.54) is 25.7 Å². The molecular formula is C20H30O2. The molecule has 0 fully saturated rings. The number of carboxylic acids is 1. The molecule has 2 heteroatoms. The van der Waals surface area contributed by atoms with Crippen molar-refractivity contribution in [2.24, 2.45) is 0 Å². The quantitative estimate of drug-likeness (QED) is 0.258. The first kappa shape index (κ1) is 20.2. The van der Waals surface area contributed by atoms with E-state index in [0.717, 1.165) is 19.3 Å². The van der Waals surface area contributed by atoms with Crippen LogP contribution in [-0.2, 0) is 4.79 Å². The molecule has 0 saturated heterocycles. The summed E-state index contributed by atoms with van der Waals surface area (Å²) in [6, 6.07) is 0. The maximum absolute atomic E-state index is 10.3. The van der Waals surface area contributed by atoms with Gasteiger partial charge in [-0.15, -0.1) is 5.73 Å². The summed E-state index contributed by atoms with van der Waals surface area (Å²) < 4.78 is 0. The first-order chi connectivity index (χ1) is 10.8. The topological polar surface area (TPSA) is 37.3 Å². The lowest BCUT2D eigenvalue weighted by Crippen LogP contribution is -1.91. The Bertz CT molecular complexity index is 407. The molecule has 0 aromatic carbocycles. The predicted molar refractivity (Wildman–Crippen MR) is 94.9 cm³/mol. The Balaban J connectivity index is 3.51. The number of carbonyl (C=O) groups is 1. The molecule has 0 rings (SSSR count). The molecule has 0 aliphatic rings. The second-order valence-corrected chi connectivity index (χ2v) is 5.12. The third kappa shape index (κ3) is 18.2. The number of carboxylic acid groups (broad SMARTS) is 1. The molecule has 0 atom stereocenters. The van der Waals surface area contributed by atoms with Crippen LogP contribution in [0.1, 0.15) is 64.7 Å². The largest absolute Gasteiger partial charge is 0.481 e. The lowest BCUT2D eigenvalue weighted by molar-refractivity contribution is -0.136. The summed E-state index contributed by atoms with van der Waals surface area (Å²) in [6.07, 6.45) is 25.5. The molecule has 0 amide bonds. The smallest absolute Gasteiger partial charge is 0.303 e. The fourth-order valence-electron chi connectivity index (χ4n) is 1.77. The summed E-state index contributed by atoms with van der Waals surface area (Å²) in [5, 5.41) is 8.46. The molecule has 0 aromatic heterocycles. The van der Waals surface area contributed by atoms with E-state index in [1.807, 2.05) is 6.08 Å². The normalized spacial score (nSPS) is 11.3. The van der Waals surface area contributed by atoms with Gasteiger partial charge >= 0.3 is 5.97 Å². The number of hydrogen-bond acceptors (Lipinski definition) is 1. The summed E-state index contributed by atoms with van der Waals surface area (Å²) >= 11 is 0. The van der Waals surface area contributed by atoms with E-state index in [0.29, 0.717) is 6.42 Å². The van der Waals surface area contributed by atoms with Gasteiger partial charge in [0, 0.05) is 6.42 Å². The second kappa shape index (κ2) is 17.3. The van der Waals surface area contributed by atoms with Crippen molar-refractivity contribution in [3.63, 3.8) is 0 Å². The van der Waals surface area contributed by atoms with Gasteiger partial charge in [0.1, 0.15) is 0 Å². The van der Waals surface area contributed by atoms with E-state index >= 15 is 0 Å². The molecule has 0 aliphatic carbocycles. The number of unbranched alkanes of at least 4 members (excludes halogenated alkanes) is 3. The van der Waals surface area contributed by atoms with Crippen molar-refractivity contribution in [1.82, 2.24) is 0 Å². The van der Waals surface area contributed by atoms with Crippen molar-refractivity contribution in [2.75, 3.05) is 0 Å². The zero-order valence-corrected chi connectivity index (χ0v) is 13.8. The van der Waals surface area contributed by atoms with Gasteiger partial charge in [-0.05, 0) is 50.7 Å². The molecule has 0 spiro atoms. The third-order valence-corrected chi connectivity index (χ3v) is 3.01. The van der Waals surface area contributed by atoms with Gasteiger partial charge in [-0.2, -0.15) is 0 Å². The van der Waals surface area contributed by atoms with Crippen molar-refractivity contribution >= 4 is 5.97 Å². The van der Waals surface area contributed by atoms with E-state index in [4.69, 9.17) is 5.11 Å². The molecule has 0 aromatic rings. The number of rotatable bonds is 13. The SMILES string of the molecule is CCCCC/C=C\C/C=C\C/C=C\CC=C=CCCC(=O)O. The Kier molecular flexibility index (Phi) is 15.9. The molecule has 122 valence electrons. The lowest BCUT2D eigenvalue weighted by Gasteiger charge is -1.90. The van der Waals surface area contributed by atoms with E-state index in [9.17, 15) is 4.79 Å². The van der Waals surface area contributed by atoms with E-state index < -0.39 is 5.97 Å². The van der Waals surface area contributed by atoms with Crippen LogP contribution < -0.4 is 0 Å². The predicted octanol–water partition coefficient (Wildman–Crippen LogP) is 5.98. The molecule has 1 N–H and O–H groups in total. The average molecular weight is 302 g/mol. The summed E-state index contributed by atoms with van der Waals surface area (Å²) in [7, 11) is 0. The van der Waals surface area contributed by atoms with E-state index in [1.54, 1.807) is 6.08 Å². The number of hydrogen-bond donors (Lipinski definition) is 1. The van der Waals surface area contributed by atoms with Crippen LogP contribution in [0, 0.1) is 0 Å². The average Bonchev–Trinajstić information content (AvgIpc) is 2.50. The maximum atomic E-state index is 10.3. The Labute approximate surface area is 135 Å². The highest BCUT2D eigenvalue weighted by molar-refractivity contribution is 5.66. The van der Waals surface area contributed by atoms with Gasteiger partial charge in [-0.1, -0.05) is 56.2 Å². The van der Waals surface area contributed by atoms with Gasteiger partial charge < -0.3 is 5.11 Å². The number of aliphatic carboxylic acids is 1. The van der Waals surface area contributed by atoms with E-state index in [2.05, 4.69) is 49.1 Å². The molecule has 0 aliphatic heterocycles. The minimum atomic E-state index is -0.763. The zero-order chi connectivity index (χ0) is 16.3. The Hall–Kier alpha value is -1.79. The van der Waals surface area contributed by atoms with Crippen molar-refractivity contribution in [2.45, 2.75) is 64.7 Å². The van der Waals surface area contributed by atoms with Crippen molar-refractivity contribution < 1.29 is 9.90 Å². The monoisotopic (exact) mass is 302 g/mol. The van der Waals surface area contributed by atoms with Gasteiger partial charge in [0.15, 0.2) is 0 Å². The van der Waals surface area contributed by atoms with Crippen molar-refractivity contribution in [3.8, 4) is 0 Å². The van der Waals surface area contributed by atoms with Crippen LogP contribution in [-0.4, -0.2) is 11.1 Å². The highest BCUT2D eigenvalue weighted by Crippen LogP contribution is 2.00. The van der Waals surface area contributed by atoms with Crippen LogP contribution in [0.2, 0.25) is 0 Å². The third-order valence-electron chi connectivity index (χ3n) is 3.01. The molecule has 22 heavy (non-hydrogen) atoms. The van der Waals surface area contributed by atoms with Crippen LogP contribution in [0.25, 0.3) is 0 Å². The van der Waals surface area contributed by atoms with Crippen LogP contribution in [0.15, 0.2) is 54.3 Å². The summed E-state index contributed by atoms with van der Waals surface area (Å²) in [5.41, 5.74) is 2.99. The summed E-state index contributed by atoms with van der Waals surface area (Å²) in [5.74, 6) is -0.763. The van der Waals surface area contributed by atoms with Gasteiger partial charge in [-0.25, -0.2) is 0 Å². The highest BCUT2D eigenvalue weighted by Gasteiger charge is 1.90. The molecular weight excluding hydrogens is 272 g/mol. The van der Waals surface area contributed by atoms with Crippen molar-refractivity contribution in [1.29, 1.82) is 0 Å². The Morgan fingerprint density at radius 1 is 0.864 bits per heavy atom. The fourth-order valence-corrected chi connectivity index (χ4v) is 1.77. The summed E-state index contributed by atoms with van der Waals surface area (Å²) in [4.78, 5) is 10.3. The number of allylic oxidation sites excluding steroid dienone is 7. The Morgan fingerprint density at radius 2 is 1.50 bits per heavy atom. The van der Waals surface area contributed by atoms with Gasteiger partial charge in [-0.3, -0.25) is 4.79 Å². The van der Waals surface area contributed by atoms with Gasteiger partial charge in [0.05, 0.1) is 0 Å². The van der Waals surface area contributed by atoms with Crippen LogP contribution in [0.4, 0.5) is 0 Å². The Morgan fingerprint density at radius 3 is 2.14 bits per heavy atom. The first-order valence-electron chi connectivity index (χ1n) is 8.33. The molecule has 0 radical (unpaired) electrons. The molecule has 2 nitrogen and oxygen atoms in total. The van der Waals surface area contributed by atoms with Crippen LogP contribution in [0.3, 0.4) is 0 Å². The maximum Gasteiger partial charge on any atom is 0.303 e. The lowest BCUT2D eigenvalue weighted by atomic mass is 10.2. The summed E-state index contributed by atoms with van der Waals surface area (Å²) in [6.45, 7) is 2.23. The van der Waals surface area contributed by atoms with Gasteiger partial charge in [0.25, 0.3) is 0 Å². The van der Waals surface area contributed by atoms with Crippen LogP contribution in [0.5, 0.6) is 0 Å². The fraction of sp³-hybridized carbons (Fsp3) is 0.500. The zero-order valence-electron chi connectivity index (χ0n) is 13.8. The van der Waals surface area contributed by atoms with Crippen LogP contribution >= 0.6 is 0 Å². The molecule has 0 saturated carbocycles. The minimum Gasteiger partial charge on any atom is -0.481 e. The second-order valence-electron chi connectivity index (χ2n) is 5.12. The molecule has 0 bridgehead atoms. The molecule has 0 unspecified atom stereocenters. The standard InChI is InChI=1S/C20H30O2/c1-2-3-4-5-6-7-8-9-10-11-12-13-14-15-16-17-18-19-20(21)22/h6-7,9-10,12-13,15,17H,2-5,8,11,14,18-19H2,1H3,(H,21,22)/b7-6-,10-9-,13-12-. The highest BCUT2D eigenvalue weighted by atomic mass is 16.4. The van der Waals surface area contributed by atoms with Crippen molar-refractivity contribution in [3.05, 3.63) is 54.3 Å². The minimum absolute atomic E-state index is 0.175. The first-order valence-corrected chi connectivity index (χ1v) is 8.33.